The van der Waals surface area contributed by atoms with E-state index in [1.807, 2.05) is 26.6 Å². The number of esters is 1. The van der Waals surface area contributed by atoms with Crippen molar-refractivity contribution in [1.82, 2.24) is 0 Å². The Hall–Kier alpha value is -1.02. The molecule has 0 heterocycles. The molecule has 0 spiro atoms. The summed E-state index contributed by atoms with van der Waals surface area (Å²) in [5, 5.41) is 0. The Bertz CT molecular complexity index is 387. The van der Waals surface area contributed by atoms with E-state index in [9.17, 15) is 4.79 Å². The summed E-state index contributed by atoms with van der Waals surface area (Å²) in [5.74, 6) is 0.613. The summed E-state index contributed by atoms with van der Waals surface area (Å²) in [6, 6.07) is 0. The van der Waals surface area contributed by atoms with Crippen LogP contribution in [0, 0.1) is 0 Å². The predicted molar refractivity (Wildman–Crippen MR) is 87.3 cm³/mol. The molecule has 0 saturated carbocycles. The topological polar surface area (TPSA) is 44.8 Å². The van der Waals surface area contributed by atoms with Crippen LogP contribution in [0.1, 0.15) is 13.8 Å². The molecular formula is C14H28O4Si2. The molecule has 0 aromatic heterocycles. The number of ether oxygens (including phenoxy) is 1. The lowest BCUT2D eigenvalue weighted by molar-refractivity contribution is -0.141. The van der Waals surface area contributed by atoms with Gasteiger partial charge in [-0.15, -0.1) is 0 Å². The lowest BCUT2D eigenvalue weighted by Gasteiger charge is -2.21. The zero-order chi connectivity index (χ0) is 16.0. The van der Waals surface area contributed by atoms with E-state index in [1.54, 1.807) is 19.1 Å². The van der Waals surface area contributed by atoms with Gasteiger partial charge in [0.1, 0.15) is 0 Å². The molecule has 0 saturated heterocycles. The number of hydrogen-bond acceptors (Lipinski definition) is 4. The van der Waals surface area contributed by atoms with Crippen LogP contribution in [0.4, 0.5) is 0 Å². The Morgan fingerprint density at radius 3 is 1.85 bits per heavy atom. The second kappa shape index (κ2) is 7.68. The van der Waals surface area contributed by atoms with Crippen molar-refractivity contribution in [2.75, 3.05) is 6.61 Å². The Morgan fingerprint density at radius 2 is 1.45 bits per heavy atom. The van der Waals surface area contributed by atoms with E-state index >= 15 is 0 Å². The Kier molecular flexibility index (Phi) is 7.29. The third-order valence-corrected chi connectivity index (χ3v) is 3.60. The zero-order valence-electron chi connectivity index (χ0n) is 14.0. The average molecular weight is 317 g/mol. The summed E-state index contributed by atoms with van der Waals surface area (Å²) < 4.78 is 16.6. The van der Waals surface area contributed by atoms with Gasteiger partial charge in [0.2, 0.25) is 16.6 Å². The van der Waals surface area contributed by atoms with E-state index < -0.39 is 22.6 Å². The first-order valence-corrected chi connectivity index (χ1v) is 13.7. The summed E-state index contributed by atoms with van der Waals surface area (Å²) in [7, 11) is -3.49. The molecular weight excluding hydrogens is 288 g/mol. The summed E-state index contributed by atoms with van der Waals surface area (Å²) >= 11 is 0. The van der Waals surface area contributed by atoms with Crippen molar-refractivity contribution >= 4 is 22.6 Å². The van der Waals surface area contributed by atoms with Gasteiger partial charge in [0, 0.05) is 0 Å². The molecule has 0 aliphatic carbocycles. The fourth-order valence-corrected chi connectivity index (χ4v) is 3.23. The highest BCUT2D eigenvalue weighted by molar-refractivity contribution is 6.70. The first kappa shape index (κ1) is 19.0. The van der Waals surface area contributed by atoms with Crippen LogP contribution in [0.5, 0.6) is 0 Å². The van der Waals surface area contributed by atoms with Crippen LogP contribution < -0.4 is 0 Å². The molecule has 0 unspecified atom stereocenters. The average Bonchev–Trinajstić information content (AvgIpc) is 2.20. The summed E-state index contributed by atoms with van der Waals surface area (Å²) in [6.07, 6.45) is 3.41. The van der Waals surface area contributed by atoms with Crippen LogP contribution in [-0.2, 0) is 18.4 Å². The molecule has 0 aliphatic heterocycles. The maximum Gasteiger partial charge on any atom is 0.372 e. The Labute approximate surface area is 125 Å². The standard InChI is InChI=1S/C14H28O4Si2/c1-9-16-14(15)13(18-20(6,7)8)11-10-12(2)17-19(3,4)5/h10-11H,9H2,1-8H3/b12-10+,13-11-. The minimum absolute atomic E-state index is 0.254. The number of hydrogen-bond donors (Lipinski definition) is 0. The first-order valence-electron chi connectivity index (χ1n) is 6.88. The second-order valence-corrected chi connectivity index (χ2v) is 15.3. The number of carbonyl (C=O) groups is 1. The monoisotopic (exact) mass is 316 g/mol. The summed E-state index contributed by atoms with van der Waals surface area (Å²) in [5.41, 5.74) is 0. The van der Waals surface area contributed by atoms with Crippen LogP contribution in [0.2, 0.25) is 39.3 Å². The van der Waals surface area contributed by atoms with Crippen LogP contribution in [-0.4, -0.2) is 29.2 Å². The van der Waals surface area contributed by atoms with E-state index in [0.717, 1.165) is 5.76 Å². The van der Waals surface area contributed by atoms with Gasteiger partial charge in [-0.1, -0.05) is 0 Å². The van der Waals surface area contributed by atoms with E-state index in [0.29, 0.717) is 6.61 Å². The van der Waals surface area contributed by atoms with Crippen molar-refractivity contribution < 1.29 is 18.4 Å². The molecule has 6 heteroatoms. The van der Waals surface area contributed by atoms with Gasteiger partial charge in [-0.05, 0) is 65.3 Å². The van der Waals surface area contributed by atoms with Gasteiger partial charge in [0.05, 0.1) is 12.4 Å². The van der Waals surface area contributed by atoms with E-state index in [4.69, 9.17) is 13.6 Å². The lowest BCUT2D eigenvalue weighted by atomic mass is 10.4. The smallest absolute Gasteiger partial charge is 0.372 e. The highest BCUT2D eigenvalue weighted by atomic mass is 28.4. The maximum absolute atomic E-state index is 11.9. The van der Waals surface area contributed by atoms with Crippen LogP contribution >= 0.6 is 0 Å². The third-order valence-electron chi connectivity index (χ3n) is 1.83. The molecule has 0 atom stereocenters. The molecule has 0 aromatic carbocycles. The van der Waals surface area contributed by atoms with Gasteiger partial charge in [0.25, 0.3) is 0 Å². The Balaban J connectivity index is 5.07. The minimum Gasteiger partial charge on any atom is -0.548 e. The van der Waals surface area contributed by atoms with E-state index in [2.05, 4.69) is 19.6 Å². The fourth-order valence-electron chi connectivity index (χ4n) is 1.39. The maximum atomic E-state index is 11.9. The SMILES string of the molecule is CCOC(=O)/C(=C/C=C(\C)O[Si](C)(C)C)O[Si](C)(C)C. The molecule has 0 aromatic rings. The van der Waals surface area contributed by atoms with Crippen LogP contribution in [0.25, 0.3) is 0 Å². The van der Waals surface area contributed by atoms with E-state index in [-0.39, 0.29) is 5.76 Å². The van der Waals surface area contributed by atoms with Crippen molar-refractivity contribution in [2.24, 2.45) is 0 Å². The lowest BCUT2D eigenvalue weighted by Crippen LogP contribution is -2.28. The third kappa shape index (κ3) is 9.85. The highest BCUT2D eigenvalue weighted by Gasteiger charge is 2.22. The van der Waals surface area contributed by atoms with Crippen LogP contribution in [0.15, 0.2) is 23.7 Å². The van der Waals surface area contributed by atoms with Crippen molar-refractivity contribution in [3.63, 3.8) is 0 Å². The highest BCUT2D eigenvalue weighted by Crippen LogP contribution is 2.14. The van der Waals surface area contributed by atoms with Crippen LogP contribution in [0.3, 0.4) is 0 Å². The van der Waals surface area contributed by atoms with Crippen molar-refractivity contribution in [3.8, 4) is 0 Å². The van der Waals surface area contributed by atoms with Gasteiger partial charge >= 0.3 is 5.97 Å². The molecule has 0 N–H and O–H groups in total. The second-order valence-electron chi connectivity index (χ2n) is 6.46. The largest absolute Gasteiger partial charge is 0.548 e. The van der Waals surface area contributed by atoms with Gasteiger partial charge in [0.15, 0.2) is 5.76 Å². The fraction of sp³-hybridized carbons (Fsp3) is 0.643. The number of rotatable bonds is 7. The molecule has 0 amide bonds. The Morgan fingerprint density at radius 1 is 0.950 bits per heavy atom. The normalized spacial score (nSPS) is 14.0. The molecule has 4 nitrogen and oxygen atoms in total. The molecule has 116 valence electrons. The van der Waals surface area contributed by atoms with Gasteiger partial charge in [-0.2, -0.15) is 0 Å². The molecule has 0 radical (unpaired) electrons. The molecule has 0 bridgehead atoms. The molecule has 0 aliphatic rings. The quantitative estimate of drug-likeness (QED) is 0.234. The first-order chi connectivity index (χ1) is 8.94. The number of allylic oxidation sites excluding steroid dienone is 3. The summed E-state index contributed by atoms with van der Waals surface area (Å²) in [4.78, 5) is 11.9. The van der Waals surface area contributed by atoms with Gasteiger partial charge in [-0.3, -0.25) is 0 Å². The van der Waals surface area contributed by atoms with Crippen molar-refractivity contribution in [1.29, 1.82) is 0 Å². The van der Waals surface area contributed by atoms with Crippen molar-refractivity contribution in [2.45, 2.75) is 53.1 Å². The van der Waals surface area contributed by atoms with E-state index in [1.165, 1.54) is 0 Å². The molecule has 20 heavy (non-hydrogen) atoms. The summed E-state index contributed by atoms with van der Waals surface area (Å²) in [6.45, 7) is 16.4. The number of carbonyl (C=O) groups excluding carboxylic acids is 1. The molecule has 0 fully saturated rings. The molecule has 0 rings (SSSR count). The van der Waals surface area contributed by atoms with Gasteiger partial charge in [-0.25, -0.2) is 4.79 Å². The zero-order valence-corrected chi connectivity index (χ0v) is 16.0. The predicted octanol–water partition coefficient (Wildman–Crippen LogP) is 4.04. The minimum atomic E-state index is -1.86. The van der Waals surface area contributed by atoms with Crippen molar-refractivity contribution in [3.05, 3.63) is 23.7 Å². The van der Waals surface area contributed by atoms with Gasteiger partial charge < -0.3 is 13.6 Å².